The number of rotatable bonds is 60. The van der Waals surface area contributed by atoms with Crippen LogP contribution in [0, 0.1) is 0 Å². The number of likely N-dealkylation sites (N-methyl/N-ethyl adjacent to an activating group) is 1. The predicted molar refractivity (Wildman–Crippen MR) is 360 cm³/mol. The van der Waals surface area contributed by atoms with Crippen molar-refractivity contribution in [2.75, 3.05) is 47.5 Å². The van der Waals surface area contributed by atoms with Crippen molar-refractivity contribution in [2.45, 2.75) is 264 Å². The summed E-state index contributed by atoms with van der Waals surface area (Å²) < 4.78 is 34.2. The molecule has 0 saturated heterocycles. The van der Waals surface area contributed by atoms with Crippen LogP contribution < -0.4 is 4.89 Å². The van der Waals surface area contributed by atoms with Gasteiger partial charge in [-0.25, -0.2) is 0 Å². The molecule has 2 unspecified atom stereocenters. The van der Waals surface area contributed by atoms with Crippen LogP contribution in [0.2, 0.25) is 0 Å². The molecule has 0 aliphatic carbocycles. The molecular formula is C74H124NO8P. The zero-order valence-electron chi connectivity index (χ0n) is 54.3. The van der Waals surface area contributed by atoms with Crippen LogP contribution in [0.4, 0.5) is 0 Å². The smallest absolute Gasteiger partial charge is 0.306 e. The van der Waals surface area contributed by atoms with E-state index in [0.29, 0.717) is 17.4 Å². The van der Waals surface area contributed by atoms with Crippen molar-refractivity contribution in [1.82, 2.24) is 0 Å². The number of hydrogen-bond donors (Lipinski definition) is 0. The minimum Gasteiger partial charge on any atom is -0.756 e. The Bertz CT molecular complexity index is 1930. The summed E-state index contributed by atoms with van der Waals surface area (Å²) in [6.07, 6.45) is 93.4. The number of allylic oxidation sites excluding steroid dienone is 24. The van der Waals surface area contributed by atoms with Gasteiger partial charge in [-0.05, 0) is 122 Å². The Hall–Kier alpha value is -4.11. The van der Waals surface area contributed by atoms with Crippen LogP contribution in [-0.2, 0) is 32.7 Å². The summed E-state index contributed by atoms with van der Waals surface area (Å²) in [5.41, 5.74) is 0. The van der Waals surface area contributed by atoms with Crippen LogP contribution in [0.25, 0.3) is 0 Å². The molecule has 0 aromatic heterocycles. The third-order valence-corrected chi connectivity index (χ3v) is 14.8. The Labute approximate surface area is 516 Å². The number of quaternary nitrogens is 1. The van der Waals surface area contributed by atoms with E-state index >= 15 is 0 Å². The Morgan fingerprint density at radius 3 is 1.01 bits per heavy atom. The highest BCUT2D eigenvalue weighted by Crippen LogP contribution is 2.38. The lowest BCUT2D eigenvalue weighted by atomic mass is 10.0. The molecule has 0 amide bonds. The van der Waals surface area contributed by atoms with Crippen LogP contribution in [0.3, 0.4) is 0 Å². The van der Waals surface area contributed by atoms with E-state index in [-0.39, 0.29) is 26.1 Å². The quantitative estimate of drug-likeness (QED) is 0.0195. The molecule has 478 valence electrons. The number of ether oxygens (including phenoxy) is 2. The van der Waals surface area contributed by atoms with Crippen LogP contribution in [0.5, 0.6) is 0 Å². The summed E-state index contributed by atoms with van der Waals surface area (Å²) in [7, 11) is 1.13. The van der Waals surface area contributed by atoms with Crippen molar-refractivity contribution in [1.29, 1.82) is 0 Å². The molecule has 0 aliphatic rings. The maximum Gasteiger partial charge on any atom is 0.306 e. The largest absolute Gasteiger partial charge is 0.756 e. The summed E-state index contributed by atoms with van der Waals surface area (Å²) in [4.78, 5) is 38.0. The lowest BCUT2D eigenvalue weighted by molar-refractivity contribution is -0.870. The van der Waals surface area contributed by atoms with E-state index in [2.05, 4.69) is 160 Å². The van der Waals surface area contributed by atoms with E-state index < -0.39 is 32.5 Å². The summed E-state index contributed by atoms with van der Waals surface area (Å²) in [6.45, 7) is 4.08. The van der Waals surface area contributed by atoms with Gasteiger partial charge in [-0.2, -0.15) is 0 Å². The van der Waals surface area contributed by atoms with Gasteiger partial charge in [0, 0.05) is 12.8 Å². The summed E-state index contributed by atoms with van der Waals surface area (Å²) in [6, 6.07) is 0. The molecule has 84 heavy (non-hydrogen) atoms. The average molecular weight is 1190 g/mol. The van der Waals surface area contributed by atoms with Crippen molar-refractivity contribution >= 4 is 19.8 Å². The zero-order chi connectivity index (χ0) is 61.2. The lowest BCUT2D eigenvalue weighted by Crippen LogP contribution is -2.37. The van der Waals surface area contributed by atoms with Gasteiger partial charge >= 0.3 is 11.9 Å². The number of carbonyl (C=O) groups excluding carboxylic acids is 2. The molecule has 10 heteroatoms. The summed E-state index contributed by atoms with van der Waals surface area (Å²) in [5.74, 6) is -0.869. The second-order valence-corrected chi connectivity index (χ2v) is 24.5. The molecule has 0 aliphatic heterocycles. The molecule has 0 fully saturated rings. The first-order valence-corrected chi connectivity index (χ1v) is 35.0. The Balaban J connectivity index is 4.20. The molecule has 0 radical (unpaired) electrons. The molecule has 9 nitrogen and oxygen atoms in total. The highest BCUT2D eigenvalue weighted by atomic mass is 31.2. The van der Waals surface area contributed by atoms with Crippen molar-refractivity contribution in [2.24, 2.45) is 0 Å². The van der Waals surface area contributed by atoms with E-state index in [4.69, 9.17) is 18.5 Å². The van der Waals surface area contributed by atoms with Crippen LogP contribution >= 0.6 is 7.82 Å². The molecule has 0 rings (SSSR count). The number of hydrogen-bond acceptors (Lipinski definition) is 8. The van der Waals surface area contributed by atoms with Crippen LogP contribution in [0.1, 0.15) is 258 Å². The zero-order valence-corrected chi connectivity index (χ0v) is 55.2. The highest BCUT2D eigenvalue weighted by Gasteiger charge is 2.22. The standard InChI is InChI=1S/C74H124NO8P/c1-6-8-10-12-14-16-18-20-22-24-26-28-30-32-33-34-35-36-37-38-39-40-41-43-45-47-49-51-53-55-57-59-61-63-65-67-74(77)83-72(71-82-84(78,79)81-69-68-75(3,4)5)70-80-73(76)66-64-62-60-58-56-54-52-50-48-46-44-42-31-29-27-25-23-21-19-17-15-13-11-9-7-2/h8,10,14,16,19-22,25-28,32-33,35-36,38-39,41,43,47,49,53,55,72H,6-7,9,11-13,15,17-18,23-24,29-31,34,37,40,42,44-46,48,50-52,54,56-71H2,1-5H3/b10-8-,16-14-,21-19-,22-20-,27-25-,28-26-,33-32-,36-35-,39-38-,43-41-,49-47-,55-53-. The fourth-order valence-electron chi connectivity index (χ4n) is 8.71. The predicted octanol–water partition coefficient (Wildman–Crippen LogP) is 21.2. The minimum atomic E-state index is -4.66. The van der Waals surface area contributed by atoms with E-state index in [1.807, 2.05) is 21.1 Å². The molecule has 0 saturated carbocycles. The van der Waals surface area contributed by atoms with Crippen LogP contribution in [-0.4, -0.2) is 70.0 Å². The normalized spacial score (nSPS) is 14.1. The van der Waals surface area contributed by atoms with Crippen molar-refractivity contribution in [3.05, 3.63) is 146 Å². The van der Waals surface area contributed by atoms with Crippen molar-refractivity contribution in [3.8, 4) is 0 Å². The summed E-state index contributed by atoms with van der Waals surface area (Å²) in [5, 5.41) is 0. The van der Waals surface area contributed by atoms with Gasteiger partial charge in [0.15, 0.2) is 6.10 Å². The molecule has 0 N–H and O–H groups in total. The number of unbranched alkanes of at least 4 members (excludes halogenated alkanes) is 22. The van der Waals surface area contributed by atoms with E-state index in [1.54, 1.807) is 0 Å². The SMILES string of the molecule is CC/C=C\C/C=C\C/C=C\C/C=C\C/C=C\C/C=C\C/C=C\C/C=C\C/C=C\C/C=C\CCCCCCC(=O)OC(COC(=O)CCCCCCCCCCCCCCC/C=C\C/C=C\CCCCCCC)COP(=O)([O-])OCC[N+](C)(C)C. The number of phosphoric ester groups is 1. The van der Waals surface area contributed by atoms with Gasteiger partial charge in [-0.1, -0.05) is 269 Å². The third kappa shape index (κ3) is 67.0. The highest BCUT2D eigenvalue weighted by molar-refractivity contribution is 7.45. The number of carbonyl (C=O) groups is 2. The molecule has 0 aromatic rings. The number of esters is 2. The number of phosphoric acid groups is 1. The molecule has 2 atom stereocenters. The van der Waals surface area contributed by atoms with E-state index in [1.165, 1.54) is 109 Å². The monoisotopic (exact) mass is 1190 g/mol. The first-order valence-electron chi connectivity index (χ1n) is 33.5. The van der Waals surface area contributed by atoms with Gasteiger partial charge in [0.1, 0.15) is 19.8 Å². The van der Waals surface area contributed by atoms with Crippen LogP contribution in [0.15, 0.2) is 146 Å². The minimum absolute atomic E-state index is 0.0437. The van der Waals surface area contributed by atoms with Gasteiger partial charge in [0.2, 0.25) is 0 Å². The molecule has 0 heterocycles. The average Bonchev–Trinajstić information content (AvgIpc) is 3.61. The topological polar surface area (TPSA) is 111 Å². The Morgan fingerprint density at radius 2 is 0.679 bits per heavy atom. The Kier molecular flexibility index (Phi) is 60.3. The van der Waals surface area contributed by atoms with Crippen molar-refractivity contribution < 1.29 is 42.1 Å². The lowest BCUT2D eigenvalue weighted by Gasteiger charge is -2.28. The molecule has 0 bridgehead atoms. The van der Waals surface area contributed by atoms with E-state index in [9.17, 15) is 19.0 Å². The first kappa shape index (κ1) is 79.9. The number of nitrogens with zero attached hydrogens (tertiary/aromatic N) is 1. The van der Waals surface area contributed by atoms with Gasteiger partial charge in [0.05, 0.1) is 27.7 Å². The molecule has 0 aromatic carbocycles. The summed E-state index contributed by atoms with van der Waals surface area (Å²) >= 11 is 0. The van der Waals surface area contributed by atoms with E-state index in [0.717, 1.165) is 116 Å². The fourth-order valence-corrected chi connectivity index (χ4v) is 9.44. The Morgan fingerprint density at radius 1 is 0.381 bits per heavy atom. The maximum absolute atomic E-state index is 12.8. The third-order valence-electron chi connectivity index (χ3n) is 13.8. The van der Waals surface area contributed by atoms with Gasteiger partial charge < -0.3 is 27.9 Å². The van der Waals surface area contributed by atoms with Crippen molar-refractivity contribution in [3.63, 3.8) is 0 Å². The second kappa shape index (κ2) is 63.4. The second-order valence-electron chi connectivity index (χ2n) is 23.1. The van der Waals surface area contributed by atoms with Gasteiger partial charge in [-0.3, -0.25) is 14.2 Å². The fraction of sp³-hybridized carbons (Fsp3) is 0.649. The first-order chi connectivity index (χ1) is 41.0. The van der Waals surface area contributed by atoms with Gasteiger partial charge in [0.25, 0.3) is 7.82 Å². The molecular weight excluding hydrogens is 1060 g/mol. The molecule has 0 spiro atoms. The van der Waals surface area contributed by atoms with Gasteiger partial charge in [-0.15, -0.1) is 0 Å². The maximum atomic E-state index is 12.8.